The van der Waals surface area contributed by atoms with Crippen molar-refractivity contribution < 1.29 is 4.79 Å². The highest BCUT2D eigenvalue weighted by Crippen LogP contribution is 2.16. The maximum Gasteiger partial charge on any atom is 0.185 e. The summed E-state index contributed by atoms with van der Waals surface area (Å²) in [6, 6.07) is 6.73. The summed E-state index contributed by atoms with van der Waals surface area (Å²) in [5.74, 6) is -0.112. The zero-order valence-electron chi connectivity index (χ0n) is 10.3. The molecule has 0 fully saturated rings. The number of hydrogen-bond acceptors (Lipinski definition) is 2. The van der Waals surface area contributed by atoms with Gasteiger partial charge in [0.2, 0.25) is 0 Å². The zero-order valence-corrected chi connectivity index (χ0v) is 11.8. The summed E-state index contributed by atoms with van der Waals surface area (Å²) in [5.41, 5.74) is 1.16. The van der Waals surface area contributed by atoms with E-state index in [-0.39, 0.29) is 5.78 Å². The van der Waals surface area contributed by atoms with Gasteiger partial charge in [-0.15, -0.1) is 0 Å². The van der Waals surface area contributed by atoms with E-state index < -0.39 is 0 Å². The van der Waals surface area contributed by atoms with Gasteiger partial charge in [0, 0.05) is 23.3 Å². The average molecular weight is 295 g/mol. The molecule has 1 aromatic carbocycles. The number of aryl methyl sites for hydroxylation is 1. The highest BCUT2D eigenvalue weighted by molar-refractivity contribution is 6.32. The highest BCUT2D eigenvalue weighted by Gasteiger charge is 2.05. The fourth-order valence-corrected chi connectivity index (χ4v) is 1.89. The Labute approximate surface area is 121 Å². The van der Waals surface area contributed by atoms with Gasteiger partial charge >= 0.3 is 0 Å². The molecule has 0 aliphatic rings. The van der Waals surface area contributed by atoms with Crippen LogP contribution in [0.25, 0.3) is 6.08 Å². The largest absolute Gasteiger partial charge is 0.289 e. The van der Waals surface area contributed by atoms with Crippen molar-refractivity contribution in [2.24, 2.45) is 0 Å². The van der Waals surface area contributed by atoms with E-state index in [1.807, 2.05) is 6.92 Å². The number of hydrogen-bond donors (Lipinski definition) is 0. The third-order valence-corrected chi connectivity index (χ3v) is 3.13. The van der Waals surface area contributed by atoms with E-state index in [1.54, 1.807) is 41.2 Å². The first-order chi connectivity index (χ1) is 9.10. The van der Waals surface area contributed by atoms with Crippen molar-refractivity contribution >= 4 is 35.1 Å². The van der Waals surface area contributed by atoms with Crippen molar-refractivity contribution in [2.75, 3.05) is 0 Å². The third kappa shape index (κ3) is 3.46. The van der Waals surface area contributed by atoms with Gasteiger partial charge in [-0.3, -0.25) is 9.48 Å². The Hall–Kier alpha value is -1.58. The molecule has 1 aromatic heterocycles. The molecule has 0 N–H and O–H groups in total. The molecule has 0 atom stereocenters. The Bertz CT molecular complexity index is 615. The summed E-state index contributed by atoms with van der Waals surface area (Å²) in [7, 11) is 0. The molecule has 2 aromatic rings. The van der Waals surface area contributed by atoms with Crippen LogP contribution in [0.15, 0.2) is 36.5 Å². The van der Waals surface area contributed by atoms with Gasteiger partial charge in [0.25, 0.3) is 0 Å². The Morgan fingerprint density at radius 1 is 1.32 bits per heavy atom. The first kappa shape index (κ1) is 13.8. The lowest BCUT2D eigenvalue weighted by Crippen LogP contribution is -1.95. The number of benzene rings is 1. The van der Waals surface area contributed by atoms with Gasteiger partial charge in [0.15, 0.2) is 5.78 Å². The van der Waals surface area contributed by atoms with Crippen LogP contribution in [-0.2, 0) is 6.54 Å². The molecule has 98 valence electrons. The fraction of sp³-hybridized carbons (Fsp3) is 0.143. The van der Waals surface area contributed by atoms with Crippen LogP contribution in [0.3, 0.4) is 0 Å². The van der Waals surface area contributed by atoms with Crippen molar-refractivity contribution in [1.82, 2.24) is 9.78 Å². The minimum Gasteiger partial charge on any atom is -0.289 e. The predicted molar refractivity (Wildman–Crippen MR) is 77.7 cm³/mol. The van der Waals surface area contributed by atoms with E-state index in [1.165, 1.54) is 6.08 Å². The predicted octanol–water partition coefficient (Wildman–Crippen LogP) is 4.11. The number of carbonyl (C=O) groups excluding carboxylic acids is 1. The SMILES string of the molecule is CCn1cc(Cl)c(/C=C/C(=O)c2ccc(Cl)cc2)n1. The molecular formula is C14H12Cl2N2O. The lowest BCUT2D eigenvalue weighted by molar-refractivity contribution is 0.104. The number of rotatable bonds is 4. The van der Waals surface area contributed by atoms with Crippen molar-refractivity contribution in [3.63, 3.8) is 0 Å². The van der Waals surface area contributed by atoms with Crippen LogP contribution in [0.1, 0.15) is 23.0 Å². The molecule has 0 unspecified atom stereocenters. The second-order valence-electron chi connectivity index (χ2n) is 3.92. The standard InChI is InChI=1S/C14H12Cl2N2O/c1-2-18-9-12(16)13(17-18)7-8-14(19)10-3-5-11(15)6-4-10/h3-9H,2H2,1H3/b8-7+. The average Bonchev–Trinajstić information content (AvgIpc) is 2.77. The molecule has 2 rings (SSSR count). The molecule has 5 heteroatoms. The molecule has 0 bridgehead atoms. The smallest absolute Gasteiger partial charge is 0.185 e. The Kier molecular flexibility index (Phi) is 4.40. The molecule has 0 radical (unpaired) electrons. The van der Waals surface area contributed by atoms with Crippen LogP contribution in [0, 0.1) is 0 Å². The van der Waals surface area contributed by atoms with E-state index in [4.69, 9.17) is 23.2 Å². The highest BCUT2D eigenvalue weighted by atomic mass is 35.5. The normalized spacial score (nSPS) is 11.1. The van der Waals surface area contributed by atoms with Gasteiger partial charge in [-0.05, 0) is 43.3 Å². The van der Waals surface area contributed by atoms with Crippen LogP contribution in [0.4, 0.5) is 0 Å². The summed E-state index contributed by atoms with van der Waals surface area (Å²) in [5, 5.41) is 5.36. The first-order valence-electron chi connectivity index (χ1n) is 5.81. The van der Waals surface area contributed by atoms with Gasteiger partial charge in [-0.25, -0.2) is 0 Å². The molecule has 0 saturated heterocycles. The van der Waals surface area contributed by atoms with Crippen molar-refractivity contribution in [3.05, 3.63) is 57.8 Å². The minimum absolute atomic E-state index is 0.112. The summed E-state index contributed by atoms with van der Waals surface area (Å²) in [6.45, 7) is 2.70. The summed E-state index contributed by atoms with van der Waals surface area (Å²) >= 11 is 11.8. The number of halogens is 2. The number of carbonyl (C=O) groups is 1. The molecule has 0 amide bonds. The Morgan fingerprint density at radius 3 is 2.58 bits per heavy atom. The molecule has 3 nitrogen and oxygen atoms in total. The molecule has 1 heterocycles. The number of nitrogens with zero attached hydrogens (tertiary/aromatic N) is 2. The topological polar surface area (TPSA) is 34.9 Å². The van der Waals surface area contributed by atoms with Gasteiger partial charge in [-0.1, -0.05) is 23.2 Å². The van der Waals surface area contributed by atoms with E-state index in [0.717, 1.165) is 6.54 Å². The van der Waals surface area contributed by atoms with E-state index >= 15 is 0 Å². The van der Waals surface area contributed by atoms with Gasteiger partial charge in [0.05, 0.1) is 5.02 Å². The van der Waals surface area contributed by atoms with Crippen molar-refractivity contribution in [1.29, 1.82) is 0 Å². The van der Waals surface area contributed by atoms with Crippen LogP contribution >= 0.6 is 23.2 Å². The molecular weight excluding hydrogens is 283 g/mol. The molecule has 0 aliphatic heterocycles. The summed E-state index contributed by atoms with van der Waals surface area (Å²) in [6.07, 6.45) is 4.80. The Balaban J connectivity index is 2.15. The quantitative estimate of drug-likeness (QED) is 0.628. The van der Waals surface area contributed by atoms with E-state index in [9.17, 15) is 4.79 Å². The van der Waals surface area contributed by atoms with Gasteiger partial charge < -0.3 is 0 Å². The zero-order chi connectivity index (χ0) is 13.8. The van der Waals surface area contributed by atoms with Crippen LogP contribution in [0.2, 0.25) is 10.0 Å². The minimum atomic E-state index is -0.112. The lowest BCUT2D eigenvalue weighted by atomic mass is 10.1. The molecule has 0 aliphatic carbocycles. The molecule has 0 spiro atoms. The van der Waals surface area contributed by atoms with E-state index in [2.05, 4.69) is 5.10 Å². The molecule has 0 saturated carbocycles. The number of allylic oxidation sites excluding steroid dienone is 1. The van der Waals surface area contributed by atoms with Crippen LogP contribution in [-0.4, -0.2) is 15.6 Å². The summed E-state index contributed by atoms with van der Waals surface area (Å²) in [4.78, 5) is 11.9. The van der Waals surface area contributed by atoms with Crippen LogP contribution in [0.5, 0.6) is 0 Å². The number of aromatic nitrogens is 2. The first-order valence-corrected chi connectivity index (χ1v) is 6.56. The van der Waals surface area contributed by atoms with E-state index in [0.29, 0.717) is 21.3 Å². The van der Waals surface area contributed by atoms with Crippen molar-refractivity contribution in [3.8, 4) is 0 Å². The molecule has 19 heavy (non-hydrogen) atoms. The van der Waals surface area contributed by atoms with Crippen LogP contribution < -0.4 is 0 Å². The fourth-order valence-electron chi connectivity index (χ4n) is 1.55. The monoisotopic (exact) mass is 294 g/mol. The van der Waals surface area contributed by atoms with Gasteiger partial charge in [0.1, 0.15) is 5.69 Å². The van der Waals surface area contributed by atoms with Gasteiger partial charge in [-0.2, -0.15) is 5.10 Å². The lowest BCUT2D eigenvalue weighted by Gasteiger charge is -1.95. The summed E-state index contributed by atoms with van der Waals surface area (Å²) < 4.78 is 1.72. The van der Waals surface area contributed by atoms with Crippen molar-refractivity contribution in [2.45, 2.75) is 13.5 Å². The second-order valence-corrected chi connectivity index (χ2v) is 4.77. The maximum absolute atomic E-state index is 11.9. The number of ketones is 1. The Morgan fingerprint density at radius 2 is 2.00 bits per heavy atom. The third-order valence-electron chi connectivity index (χ3n) is 2.59. The second kappa shape index (κ2) is 6.04. The maximum atomic E-state index is 11.9.